The quantitative estimate of drug-likeness (QED) is 0.651. The average molecular weight is 287 g/mol. The first-order chi connectivity index (χ1) is 8.84. The van der Waals surface area contributed by atoms with E-state index in [1.54, 1.807) is 0 Å². The highest BCUT2D eigenvalue weighted by atomic mass is 35.5. The standard InChI is InChI=1S/C14H21NO3.ClH/c16-14(10-15-6-8-17-9-7-15)12-18-11-13-4-2-1-3-5-13;/h1-5,14,16H,6-12H2;1H/p-1. The van der Waals surface area contributed by atoms with Crippen LogP contribution in [0.1, 0.15) is 5.56 Å². The molecule has 1 aromatic carbocycles. The Bertz CT molecular complexity index is 331. The summed E-state index contributed by atoms with van der Waals surface area (Å²) in [6, 6.07) is 10.0. The lowest BCUT2D eigenvalue weighted by Crippen LogP contribution is -3.00. The molecule has 4 nitrogen and oxygen atoms in total. The summed E-state index contributed by atoms with van der Waals surface area (Å²) >= 11 is 0. The minimum Gasteiger partial charge on any atom is -1.00 e. The zero-order chi connectivity index (χ0) is 12.6. The van der Waals surface area contributed by atoms with Crippen LogP contribution in [0.3, 0.4) is 0 Å². The highest BCUT2D eigenvalue weighted by Gasteiger charge is 2.14. The van der Waals surface area contributed by atoms with E-state index in [0.29, 0.717) is 19.8 Å². The van der Waals surface area contributed by atoms with E-state index in [0.717, 1.165) is 31.9 Å². The Balaban J connectivity index is 0.00000180. The van der Waals surface area contributed by atoms with Crippen molar-refractivity contribution >= 4 is 0 Å². The van der Waals surface area contributed by atoms with Gasteiger partial charge in [-0.15, -0.1) is 0 Å². The summed E-state index contributed by atoms with van der Waals surface area (Å²) < 4.78 is 10.8. The molecule has 19 heavy (non-hydrogen) atoms. The second-order valence-corrected chi connectivity index (χ2v) is 4.57. The highest BCUT2D eigenvalue weighted by Crippen LogP contribution is 2.03. The predicted molar refractivity (Wildman–Crippen MR) is 69.4 cm³/mol. The molecule has 1 heterocycles. The van der Waals surface area contributed by atoms with E-state index in [-0.39, 0.29) is 12.4 Å². The molecule has 0 saturated carbocycles. The zero-order valence-electron chi connectivity index (χ0n) is 11.0. The molecule has 0 aromatic heterocycles. The lowest BCUT2D eigenvalue weighted by atomic mass is 10.2. The molecule has 1 aromatic rings. The minimum absolute atomic E-state index is 0. The SMILES string of the molecule is OC(COCc1ccccc1)CN1CCOCC1.[Cl-]. The number of ether oxygens (including phenoxy) is 2. The number of aliphatic hydroxyl groups is 1. The van der Waals surface area contributed by atoms with Crippen LogP contribution < -0.4 is 12.4 Å². The van der Waals surface area contributed by atoms with Gasteiger partial charge in [-0.2, -0.15) is 0 Å². The predicted octanol–water partition coefficient (Wildman–Crippen LogP) is -2.10. The van der Waals surface area contributed by atoms with Crippen molar-refractivity contribution in [3.63, 3.8) is 0 Å². The largest absolute Gasteiger partial charge is 1.00 e. The van der Waals surface area contributed by atoms with Gasteiger partial charge in [-0.1, -0.05) is 30.3 Å². The third-order valence-electron chi connectivity index (χ3n) is 2.99. The van der Waals surface area contributed by atoms with Gasteiger partial charge in [0.15, 0.2) is 0 Å². The van der Waals surface area contributed by atoms with Crippen molar-refractivity contribution in [2.75, 3.05) is 39.5 Å². The second-order valence-electron chi connectivity index (χ2n) is 4.57. The van der Waals surface area contributed by atoms with Gasteiger partial charge in [0.25, 0.3) is 0 Å². The summed E-state index contributed by atoms with van der Waals surface area (Å²) in [5, 5.41) is 9.87. The zero-order valence-corrected chi connectivity index (χ0v) is 11.8. The Morgan fingerprint density at radius 2 is 1.89 bits per heavy atom. The number of benzene rings is 1. The number of rotatable bonds is 6. The van der Waals surface area contributed by atoms with Crippen LogP contribution in [-0.2, 0) is 16.1 Å². The summed E-state index contributed by atoms with van der Waals surface area (Å²) in [4.78, 5) is 2.21. The fourth-order valence-electron chi connectivity index (χ4n) is 2.02. The smallest absolute Gasteiger partial charge is 0.0900 e. The lowest BCUT2D eigenvalue weighted by molar-refractivity contribution is -0.0175. The van der Waals surface area contributed by atoms with Gasteiger partial charge in [-0.25, -0.2) is 0 Å². The Morgan fingerprint density at radius 1 is 1.21 bits per heavy atom. The van der Waals surface area contributed by atoms with Crippen LogP contribution in [0.15, 0.2) is 30.3 Å². The highest BCUT2D eigenvalue weighted by molar-refractivity contribution is 5.13. The first-order valence-electron chi connectivity index (χ1n) is 6.44. The van der Waals surface area contributed by atoms with Crippen LogP contribution in [0.25, 0.3) is 0 Å². The van der Waals surface area contributed by atoms with E-state index in [1.165, 1.54) is 0 Å². The summed E-state index contributed by atoms with van der Waals surface area (Å²) in [6.45, 7) is 4.92. The maximum Gasteiger partial charge on any atom is 0.0900 e. The van der Waals surface area contributed by atoms with Crippen LogP contribution in [-0.4, -0.2) is 55.6 Å². The molecule has 1 N–H and O–H groups in total. The topological polar surface area (TPSA) is 41.9 Å². The summed E-state index contributed by atoms with van der Waals surface area (Å²) in [7, 11) is 0. The fraction of sp³-hybridized carbons (Fsp3) is 0.571. The molecule has 1 aliphatic rings. The van der Waals surface area contributed by atoms with Crippen molar-refractivity contribution < 1.29 is 27.0 Å². The monoisotopic (exact) mass is 286 g/mol. The number of β-amino-alcohol motifs (C(OH)–C–C–N with tert-alkyl or cyclic N) is 1. The Kier molecular flexibility index (Phi) is 8.02. The van der Waals surface area contributed by atoms with Gasteiger partial charge in [0, 0.05) is 19.6 Å². The molecule has 5 heteroatoms. The molecule has 2 rings (SSSR count). The molecule has 1 fully saturated rings. The van der Waals surface area contributed by atoms with Crippen molar-refractivity contribution in [3.8, 4) is 0 Å². The third-order valence-corrected chi connectivity index (χ3v) is 2.99. The van der Waals surface area contributed by atoms with E-state index >= 15 is 0 Å². The number of halogens is 1. The molecule has 0 aliphatic carbocycles. The first kappa shape index (κ1) is 16.4. The average Bonchev–Trinajstić information content (AvgIpc) is 2.41. The Hall–Kier alpha value is -0.650. The number of hydrogen-bond donors (Lipinski definition) is 1. The maximum absolute atomic E-state index is 9.87. The van der Waals surface area contributed by atoms with E-state index in [4.69, 9.17) is 9.47 Å². The summed E-state index contributed by atoms with van der Waals surface area (Å²) in [6.07, 6.45) is -0.424. The molecule has 1 aliphatic heterocycles. The van der Waals surface area contributed by atoms with Crippen LogP contribution >= 0.6 is 0 Å². The third kappa shape index (κ3) is 6.36. The molecule has 1 atom stereocenters. The number of nitrogens with zero attached hydrogens (tertiary/aromatic N) is 1. The number of morpholine rings is 1. The maximum atomic E-state index is 9.87. The van der Waals surface area contributed by atoms with Crippen molar-refractivity contribution in [1.29, 1.82) is 0 Å². The van der Waals surface area contributed by atoms with Gasteiger partial charge < -0.3 is 27.0 Å². The van der Waals surface area contributed by atoms with Crippen LogP contribution in [0, 0.1) is 0 Å². The molecule has 1 saturated heterocycles. The van der Waals surface area contributed by atoms with Gasteiger partial charge in [-0.05, 0) is 5.56 Å². The van der Waals surface area contributed by atoms with E-state index < -0.39 is 6.10 Å². The van der Waals surface area contributed by atoms with Crippen LogP contribution in [0.4, 0.5) is 0 Å². The van der Waals surface area contributed by atoms with Gasteiger partial charge in [-0.3, -0.25) is 4.90 Å². The van der Waals surface area contributed by atoms with E-state index in [2.05, 4.69) is 4.90 Å². The molecule has 0 bridgehead atoms. The van der Waals surface area contributed by atoms with Crippen LogP contribution in [0.5, 0.6) is 0 Å². The summed E-state index contributed by atoms with van der Waals surface area (Å²) in [5.41, 5.74) is 1.14. The molecular weight excluding hydrogens is 266 g/mol. The lowest BCUT2D eigenvalue weighted by Gasteiger charge is -2.28. The van der Waals surface area contributed by atoms with Gasteiger partial charge in [0.1, 0.15) is 0 Å². The normalized spacial score (nSPS) is 17.7. The van der Waals surface area contributed by atoms with Crippen molar-refractivity contribution in [1.82, 2.24) is 4.90 Å². The summed E-state index contributed by atoms with van der Waals surface area (Å²) in [5.74, 6) is 0. The van der Waals surface area contributed by atoms with Gasteiger partial charge in [0.05, 0.1) is 32.5 Å². The molecular formula is C14H21ClNO3-. The van der Waals surface area contributed by atoms with Crippen molar-refractivity contribution in [2.45, 2.75) is 12.7 Å². The van der Waals surface area contributed by atoms with Gasteiger partial charge >= 0.3 is 0 Å². The molecule has 0 amide bonds. The van der Waals surface area contributed by atoms with Gasteiger partial charge in [0.2, 0.25) is 0 Å². The molecule has 0 spiro atoms. The second kappa shape index (κ2) is 9.28. The van der Waals surface area contributed by atoms with Crippen molar-refractivity contribution in [2.24, 2.45) is 0 Å². The molecule has 1 unspecified atom stereocenters. The van der Waals surface area contributed by atoms with Crippen molar-refractivity contribution in [3.05, 3.63) is 35.9 Å². The minimum atomic E-state index is -0.424. The Morgan fingerprint density at radius 3 is 2.58 bits per heavy atom. The molecule has 108 valence electrons. The number of aliphatic hydroxyl groups excluding tert-OH is 1. The number of hydrogen-bond acceptors (Lipinski definition) is 4. The Labute approximate surface area is 120 Å². The van der Waals surface area contributed by atoms with E-state index in [9.17, 15) is 5.11 Å². The fourth-order valence-corrected chi connectivity index (χ4v) is 2.02. The van der Waals surface area contributed by atoms with E-state index in [1.807, 2.05) is 30.3 Å². The first-order valence-corrected chi connectivity index (χ1v) is 6.44. The van der Waals surface area contributed by atoms with Crippen LogP contribution in [0.2, 0.25) is 0 Å². The molecule has 0 radical (unpaired) electrons.